The van der Waals surface area contributed by atoms with E-state index in [4.69, 9.17) is 14.6 Å². The van der Waals surface area contributed by atoms with Gasteiger partial charge in [-0.25, -0.2) is 0 Å². The van der Waals surface area contributed by atoms with Crippen LogP contribution < -0.4 is 9.47 Å². The second-order valence-electron chi connectivity index (χ2n) is 8.01. The Morgan fingerprint density at radius 2 is 1.85 bits per heavy atom. The van der Waals surface area contributed by atoms with Crippen LogP contribution in [-0.2, 0) is 9.59 Å². The Labute approximate surface area is 157 Å². The number of amides is 1. The van der Waals surface area contributed by atoms with Crippen molar-refractivity contribution in [2.75, 3.05) is 26.4 Å². The monoisotopic (exact) mass is 372 g/mol. The van der Waals surface area contributed by atoms with E-state index < -0.39 is 5.97 Å². The van der Waals surface area contributed by atoms with E-state index in [1.807, 2.05) is 11.0 Å². The number of fused-ring (bicyclic) bond motifs is 3. The normalized spacial score (nSPS) is 33.2. The minimum atomic E-state index is -0.916. The van der Waals surface area contributed by atoms with Crippen molar-refractivity contribution in [3.8, 4) is 11.5 Å². The standard InChI is InChI=1S/C20H24N2O5/c23-17(3-4-18(24)25)22-10-14(13-1-2-15-16(9-13)27-11-26-15)20-19(22)12-5-7-21(20)8-6-12/h1-2,9,12,14,19-20H,3-8,10-11H2,(H,24,25)/t14-,19+,20+/m0/s1. The van der Waals surface area contributed by atoms with Gasteiger partial charge in [-0.1, -0.05) is 6.07 Å². The topological polar surface area (TPSA) is 79.3 Å². The maximum absolute atomic E-state index is 12.8. The molecule has 7 nitrogen and oxygen atoms in total. The Hall–Kier alpha value is -2.28. The number of nitrogens with zero attached hydrogens (tertiary/aromatic N) is 2. The van der Waals surface area contributed by atoms with E-state index in [2.05, 4.69) is 17.0 Å². The molecule has 1 aromatic carbocycles. The Kier molecular flexibility index (Phi) is 4.00. The molecule has 0 spiro atoms. The third kappa shape index (κ3) is 2.76. The van der Waals surface area contributed by atoms with Crippen molar-refractivity contribution in [2.24, 2.45) is 5.92 Å². The number of hydrogen-bond acceptors (Lipinski definition) is 5. The molecule has 2 bridgehead atoms. The summed E-state index contributed by atoms with van der Waals surface area (Å²) >= 11 is 0. The van der Waals surface area contributed by atoms with Crippen LogP contribution in [0.4, 0.5) is 0 Å². The molecule has 7 heteroatoms. The first-order chi connectivity index (χ1) is 13.1. The zero-order chi connectivity index (χ0) is 18.5. The molecule has 144 valence electrons. The van der Waals surface area contributed by atoms with E-state index in [1.165, 1.54) is 5.56 Å². The average Bonchev–Trinajstić information content (AvgIpc) is 3.32. The molecule has 5 heterocycles. The highest BCUT2D eigenvalue weighted by atomic mass is 16.7. The number of hydrogen-bond donors (Lipinski definition) is 1. The second-order valence-corrected chi connectivity index (χ2v) is 8.01. The summed E-state index contributed by atoms with van der Waals surface area (Å²) in [6, 6.07) is 6.61. The maximum Gasteiger partial charge on any atom is 0.303 e. The summed E-state index contributed by atoms with van der Waals surface area (Å²) in [5, 5.41) is 8.96. The number of carbonyl (C=O) groups is 2. The Bertz CT molecular complexity index is 774. The lowest BCUT2D eigenvalue weighted by molar-refractivity contribution is -0.142. The molecule has 5 aliphatic heterocycles. The Morgan fingerprint density at radius 1 is 1.07 bits per heavy atom. The van der Waals surface area contributed by atoms with Crippen LogP contribution in [0.3, 0.4) is 0 Å². The van der Waals surface area contributed by atoms with Gasteiger partial charge in [0.1, 0.15) is 0 Å². The van der Waals surface area contributed by atoms with Crippen molar-refractivity contribution in [3.63, 3.8) is 0 Å². The van der Waals surface area contributed by atoms with Crippen molar-refractivity contribution in [1.29, 1.82) is 0 Å². The van der Waals surface area contributed by atoms with Crippen LogP contribution in [-0.4, -0.2) is 65.3 Å². The van der Waals surface area contributed by atoms with Crippen LogP contribution in [0.15, 0.2) is 18.2 Å². The quantitative estimate of drug-likeness (QED) is 0.866. The van der Waals surface area contributed by atoms with Gasteiger partial charge in [0.25, 0.3) is 0 Å². The molecule has 0 aliphatic carbocycles. The molecule has 1 N–H and O–H groups in total. The van der Waals surface area contributed by atoms with Crippen LogP contribution in [0.5, 0.6) is 11.5 Å². The lowest BCUT2D eigenvalue weighted by Gasteiger charge is -2.51. The lowest BCUT2D eigenvalue weighted by Crippen LogP contribution is -2.60. The molecule has 3 atom stereocenters. The van der Waals surface area contributed by atoms with Gasteiger partial charge in [0.2, 0.25) is 12.7 Å². The van der Waals surface area contributed by atoms with E-state index >= 15 is 0 Å². The first-order valence-electron chi connectivity index (χ1n) is 9.76. The third-order valence-electron chi connectivity index (χ3n) is 6.69. The fourth-order valence-corrected chi connectivity index (χ4v) is 5.50. The first kappa shape index (κ1) is 16.9. The molecule has 5 aliphatic rings. The van der Waals surface area contributed by atoms with Gasteiger partial charge in [-0.3, -0.25) is 14.5 Å². The highest BCUT2D eigenvalue weighted by molar-refractivity contribution is 5.81. The van der Waals surface area contributed by atoms with Crippen molar-refractivity contribution >= 4 is 11.9 Å². The zero-order valence-corrected chi connectivity index (χ0v) is 15.2. The van der Waals surface area contributed by atoms with Gasteiger partial charge in [0, 0.05) is 24.9 Å². The van der Waals surface area contributed by atoms with Gasteiger partial charge in [-0.15, -0.1) is 0 Å². The van der Waals surface area contributed by atoms with Crippen molar-refractivity contribution in [3.05, 3.63) is 23.8 Å². The van der Waals surface area contributed by atoms with Crippen LogP contribution in [0.25, 0.3) is 0 Å². The van der Waals surface area contributed by atoms with Crippen molar-refractivity contribution in [1.82, 2.24) is 9.80 Å². The third-order valence-corrected chi connectivity index (χ3v) is 6.69. The van der Waals surface area contributed by atoms with Crippen LogP contribution in [0.2, 0.25) is 0 Å². The highest BCUT2D eigenvalue weighted by Gasteiger charge is 2.54. The molecule has 1 aromatic rings. The molecular formula is C20H24N2O5. The van der Waals surface area contributed by atoms with E-state index in [9.17, 15) is 9.59 Å². The predicted octanol–water partition coefficient (Wildman–Crippen LogP) is 1.67. The van der Waals surface area contributed by atoms with E-state index in [1.54, 1.807) is 0 Å². The van der Waals surface area contributed by atoms with Crippen LogP contribution in [0, 0.1) is 5.92 Å². The summed E-state index contributed by atoms with van der Waals surface area (Å²) in [7, 11) is 0. The van der Waals surface area contributed by atoms with Gasteiger partial charge < -0.3 is 19.5 Å². The number of likely N-dealkylation sites (tertiary alicyclic amines) is 1. The number of rotatable bonds is 4. The smallest absolute Gasteiger partial charge is 0.303 e. The minimum Gasteiger partial charge on any atom is -0.481 e. The molecule has 1 amide bonds. The summed E-state index contributed by atoms with van der Waals surface area (Å²) < 4.78 is 11.0. The Balaban J connectivity index is 1.45. The number of benzene rings is 1. The fraction of sp³-hybridized carbons (Fsp3) is 0.600. The minimum absolute atomic E-state index is 0.0237. The van der Waals surface area contributed by atoms with Gasteiger partial charge in [0.05, 0.1) is 12.5 Å². The Morgan fingerprint density at radius 3 is 2.63 bits per heavy atom. The number of piperidine rings is 3. The van der Waals surface area contributed by atoms with Gasteiger partial charge >= 0.3 is 5.97 Å². The van der Waals surface area contributed by atoms with E-state index in [0.717, 1.165) is 37.4 Å². The molecule has 6 rings (SSSR count). The molecule has 0 radical (unpaired) electrons. The molecule has 27 heavy (non-hydrogen) atoms. The number of ether oxygens (including phenoxy) is 2. The van der Waals surface area contributed by atoms with E-state index in [-0.39, 0.29) is 37.5 Å². The highest BCUT2D eigenvalue weighted by Crippen LogP contribution is 2.48. The molecule has 4 saturated heterocycles. The molecule has 0 unspecified atom stereocenters. The molecule has 4 fully saturated rings. The largest absolute Gasteiger partial charge is 0.481 e. The molecule has 0 aromatic heterocycles. The summed E-state index contributed by atoms with van der Waals surface area (Å²) in [6.45, 7) is 3.08. The fourth-order valence-electron chi connectivity index (χ4n) is 5.50. The van der Waals surface area contributed by atoms with Gasteiger partial charge in [-0.05, 0) is 49.5 Å². The van der Waals surface area contributed by atoms with Crippen molar-refractivity contribution in [2.45, 2.75) is 43.7 Å². The summed E-state index contributed by atoms with van der Waals surface area (Å²) in [6.07, 6.45) is 2.23. The zero-order valence-electron chi connectivity index (χ0n) is 15.2. The number of carbonyl (C=O) groups excluding carboxylic acids is 1. The lowest BCUT2D eigenvalue weighted by atomic mass is 9.75. The number of carboxylic acids is 1. The predicted molar refractivity (Wildman–Crippen MR) is 95.8 cm³/mol. The number of aliphatic carboxylic acids is 1. The summed E-state index contributed by atoms with van der Waals surface area (Å²) in [4.78, 5) is 28.3. The molecular weight excluding hydrogens is 348 g/mol. The summed E-state index contributed by atoms with van der Waals surface area (Å²) in [5.41, 5.74) is 1.18. The van der Waals surface area contributed by atoms with Crippen molar-refractivity contribution < 1.29 is 24.2 Å². The van der Waals surface area contributed by atoms with Gasteiger partial charge in [-0.2, -0.15) is 0 Å². The maximum atomic E-state index is 12.8. The number of carboxylic acid groups (broad SMARTS) is 1. The summed E-state index contributed by atoms with van der Waals surface area (Å²) in [5.74, 6) is 1.35. The van der Waals surface area contributed by atoms with Crippen LogP contribution in [0.1, 0.15) is 37.2 Å². The SMILES string of the molecule is O=C(O)CCC(=O)N1C[C@@H](c2ccc3c(c2)OCO3)[C@@H]2[C@H]1C1CCN2CC1. The van der Waals surface area contributed by atoms with Gasteiger partial charge in [0.15, 0.2) is 11.5 Å². The first-order valence-corrected chi connectivity index (χ1v) is 9.76. The second kappa shape index (κ2) is 6.41. The average molecular weight is 372 g/mol. The van der Waals surface area contributed by atoms with Crippen LogP contribution >= 0.6 is 0 Å². The van der Waals surface area contributed by atoms with E-state index in [0.29, 0.717) is 18.5 Å². The molecule has 0 saturated carbocycles.